The lowest BCUT2D eigenvalue weighted by Gasteiger charge is -2.21. The van der Waals surface area contributed by atoms with E-state index in [4.69, 9.17) is 0 Å². The number of β-amino-alcohol motifs (C(OH)–C–C–N with tert-alkyl or cyclic N) is 1. The summed E-state index contributed by atoms with van der Waals surface area (Å²) in [5, 5.41) is 14.7. The smallest absolute Gasteiger partial charge is 0.325 e. The van der Waals surface area contributed by atoms with E-state index in [1.165, 1.54) is 29.5 Å². The van der Waals surface area contributed by atoms with Gasteiger partial charge in [0, 0.05) is 4.88 Å². The third kappa shape index (κ3) is 2.73. The predicted octanol–water partition coefficient (Wildman–Crippen LogP) is 2.39. The van der Waals surface area contributed by atoms with Gasteiger partial charge in [-0.15, -0.1) is 11.3 Å². The van der Waals surface area contributed by atoms with E-state index in [0.29, 0.717) is 5.56 Å². The lowest BCUT2D eigenvalue weighted by molar-refractivity contribution is -0.132. The summed E-state index contributed by atoms with van der Waals surface area (Å²) in [4.78, 5) is 26.5. The molecule has 0 saturated carbocycles. The molecule has 0 unspecified atom stereocenters. The number of thiophene rings is 1. The second-order valence-electron chi connectivity index (χ2n) is 5.52. The molecule has 23 heavy (non-hydrogen) atoms. The summed E-state index contributed by atoms with van der Waals surface area (Å²) < 4.78 is 13.2. The highest BCUT2D eigenvalue weighted by atomic mass is 32.1. The fourth-order valence-electron chi connectivity index (χ4n) is 2.59. The number of urea groups is 1. The van der Waals surface area contributed by atoms with Crippen molar-refractivity contribution in [3.63, 3.8) is 0 Å². The molecule has 0 spiro atoms. The van der Waals surface area contributed by atoms with Gasteiger partial charge in [0.05, 0.1) is 12.6 Å². The maximum absolute atomic E-state index is 13.2. The minimum Gasteiger partial charge on any atom is -0.387 e. The molecular formula is C16H15FN2O3S. The van der Waals surface area contributed by atoms with Crippen LogP contribution in [0, 0.1) is 5.82 Å². The Kier molecular flexibility index (Phi) is 3.91. The second kappa shape index (κ2) is 5.75. The van der Waals surface area contributed by atoms with Gasteiger partial charge in [0.25, 0.3) is 5.91 Å². The monoisotopic (exact) mass is 334 g/mol. The van der Waals surface area contributed by atoms with Gasteiger partial charge in [-0.05, 0) is 36.1 Å². The molecule has 2 N–H and O–H groups in total. The number of carbonyl (C=O) groups excluding carboxylic acids is 2. The fraction of sp³-hybridized carbons (Fsp3) is 0.250. The number of carbonyl (C=O) groups is 2. The molecule has 1 fully saturated rings. The van der Waals surface area contributed by atoms with Gasteiger partial charge in [0.1, 0.15) is 5.82 Å². The molecule has 5 nitrogen and oxygen atoms in total. The van der Waals surface area contributed by atoms with Gasteiger partial charge in [0.15, 0.2) is 5.54 Å². The van der Waals surface area contributed by atoms with Crippen molar-refractivity contribution >= 4 is 23.3 Å². The minimum atomic E-state index is -1.15. The number of hydrogen-bond donors (Lipinski definition) is 2. The van der Waals surface area contributed by atoms with Gasteiger partial charge in [-0.25, -0.2) is 9.18 Å². The summed E-state index contributed by atoms with van der Waals surface area (Å²) in [6.45, 7) is 1.41. The van der Waals surface area contributed by atoms with E-state index in [0.717, 1.165) is 9.78 Å². The molecule has 2 atom stereocenters. The first-order chi connectivity index (χ1) is 10.9. The average molecular weight is 334 g/mol. The topological polar surface area (TPSA) is 69.6 Å². The molecule has 1 aliphatic heterocycles. The van der Waals surface area contributed by atoms with Crippen molar-refractivity contribution in [1.29, 1.82) is 0 Å². The molecule has 0 aliphatic carbocycles. The van der Waals surface area contributed by atoms with Crippen LogP contribution in [0.2, 0.25) is 0 Å². The first-order valence-electron chi connectivity index (χ1n) is 7.03. The second-order valence-corrected chi connectivity index (χ2v) is 6.47. The quantitative estimate of drug-likeness (QED) is 0.844. The summed E-state index contributed by atoms with van der Waals surface area (Å²) in [5.41, 5.74) is -0.817. The van der Waals surface area contributed by atoms with Crippen molar-refractivity contribution in [2.75, 3.05) is 6.54 Å². The first-order valence-corrected chi connectivity index (χ1v) is 7.91. The maximum Gasteiger partial charge on any atom is 0.325 e. The fourth-order valence-corrected chi connectivity index (χ4v) is 3.42. The van der Waals surface area contributed by atoms with Gasteiger partial charge in [-0.3, -0.25) is 9.69 Å². The van der Waals surface area contributed by atoms with Gasteiger partial charge in [0.2, 0.25) is 0 Å². The van der Waals surface area contributed by atoms with Gasteiger partial charge in [-0.1, -0.05) is 18.2 Å². The zero-order valence-corrected chi connectivity index (χ0v) is 13.1. The zero-order chi connectivity index (χ0) is 16.6. The number of rotatable bonds is 4. The number of halogens is 1. The number of imide groups is 1. The van der Waals surface area contributed by atoms with Crippen molar-refractivity contribution in [3.05, 3.63) is 58.0 Å². The molecule has 2 aromatic rings. The molecule has 0 radical (unpaired) electrons. The normalized spacial score (nSPS) is 22.3. The standard InChI is InChI=1S/C16H15FN2O3S/c1-16(13-6-3-7-23-13)14(21)19(15(22)18-16)9-12(20)10-4-2-5-11(17)8-10/h2-8,12,20H,9H2,1H3,(H,18,22)/t12-,16+/m0/s1. The molecule has 1 saturated heterocycles. The largest absolute Gasteiger partial charge is 0.387 e. The zero-order valence-electron chi connectivity index (χ0n) is 12.3. The third-order valence-corrected chi connectivity index (χ3v) is 4.97. The van der Waals surface area contributed by atoms with Crippen molar-refractivity contribution in [1.82, 2.24) is 10.2 Å². The Labute approximate surface area is 136 Å². The highest BCUT2D eigenvalue weighted by Gasteiger charge is 2.50. The van der Waals surface area contributed by atoms with Crippen LogP contribution in [0.5, 0.6) is 0 Å². The van der Waals surface area contributed by atoms with Crippen LogP contribution in [0.25, 0.3) is 0 Å². The number of aliphatic hydroxyl groups is 1. The summed E-state index contributed by atoms with van der Waals surface area (Å²) in [5.74, 6) is -0.914. The Balaban J connectivity index is 1.81. The van der Waals surface area contributed by atoms with Crippen molar-refractivity contribution in [2.45, 2.75) is 18.6 Å². The summed E-state index contributed by atoms with van der Waals surface area (Å²) >= 11 is 1.37. The van der Waals surface area contributed by atoms with Crippen LogP contribution in [0.4, 0.5) is 9.18 Å². The number of aliphatic hydroxyl groups excluding tert-OH is 1. The van der Waals surface area contributed by atoms with Crippen LogP contribution in [0.3, 0.4) is 0 Å². The van der Waals surface area contributed by atoms with Crippen LogP contribution in [0.1, 0.15) is 23.5 Å². The Morgan fingerprint density at radius 2 is 2.13 bits per heavy atom. The van der Waals surface area contributed by atoms with Crippen LogP contribution in [-0.4, -0.2) is 28.5 Å². The first kappa shape index (κ1) is 15.6. The van der Waals surface area contributed by atoms with E-state index in [1.807, 2.05) is 5.38 Å². The molecule has 120 valence electrons. The molecule has 1 aliphatic rings. The van der Waals surface area contributed by atoms with Crippen molar-refractivity contribution in [3.8, 4) is 0 Å². The van der Waals surface area contributed by atoms with E-state index >= 15 is 0 Å². The maximum atomic E-state index is 13.2. The molecule has 1 aromatic heterocycles. The number of amides is 3. The van der Waals surface area contributed by atoms with E-state index in [1.54, 1.807) is 25.1 Å². The lowest BCUT2D eigenvalue weighted by Crippen LogP contribution is -2.40. The number of nitrogens with zero attached hydrogens (tertiary/aromatic N) is 1. The Morgan fingerprint density at radius 3 is 2.78 bits per heavy atom. The lowest BCUT2D eigenvalue weighted by atomic mass is 10.0. The average Bonchev–Trinajstić information content (AvgIpc) is 3.12. The third-order valence-electron chi connectivity index (χ3n) is 3.88. The van der Waals surface area contributed by atoms with Gasteiger partial charge < -0.3 is 10.4 Å². The Bertz CT molecular complexity index is 750. The minimum absolute atomic E-state index is 0.227. The number of hydrogen-bond acceptors (Lipinski definition) is 4. The van der Waals surface area contributed by atoms with Crippen molar-refractivity contribution in [2.24, 2.45) is 0 Å². The summed E-state index contributed by atoms with van der Waals surface area (Å²) in [6, 6.07) is 8.46. The highest BCUT2D eigenvalue weighted by Crippen LogP contribution is 2.32. The van der Waals surface area contributed by atoms with Crippen LogP contribution < -0.4 is 5.32 Å². The molecular weight excluding hydrogens is 319 g/mol. The summed E-state index contributed by atoms with van der Waals surface area (Å²) in [7, 11) is 0. The molecule has 3 rings (SSSR count). The SMILES string of the molecule is C[C@]1(c2cccs2)NC(=O)N(C[C@H](O)c2cccc(F)c2)C1=O. The predicted molar refractivity (Wildman–Crippen MR) is 83.3 cm³/mol. The highest BCUT2D eigenvalue weighted by molar-refractivity contribution is 7.10. The molecule has 3 amide bonds. The Hall–Kier alpha value is -2.25. The number of benzene rings is 1. The van der Waals surface area contributed by atoms with Gasteiger partial charge in [-0.2, -0.15) is 0 Å². The van der Waals surface area contributed by atoms with Crippen LogP contribution in [-0.2, 0) is 10.3 Å². The number of nitrogens with one attached hydrogen (secondary N) is 1. The molecule has 1 aromatic carbocycles. The van der Waals surface area contributed by atoms with E-state index in [9.17, 15) is 19.1 Å². The van der Waals surface area contributed by atoms with Crippen LogP contribution >= 0.6 is 11.3 Å². The van der Waals surface area contributed by atoms with Crippen molar-refractivity contribution < 1.29 is 19.1 Å². The van der Waals surface area contributed by atoms with E-state index < -0.39 is 29.4 Å². The van der Waals surface area contributed by atoms with Crippen LogP contribution in [0.15, 0.2) is 41.8 Å². The van der Waals surface area contributed by atoms with Gasteiger partial charge >= 0.3 is 6.03 Å². The summed E-state index contributed by atoms with van der Waals surface area (Å²) in [6.07, 6.45) is -1.15. The molecule has 2 heterocycles. The molecule has 7 heteroatoms. The van der Waals surface area contributed by atoms with E-state index in [-0.39, 0.29) is 6.54 Å². The Morgan fingerprint density at radius 1 is 1.35 bits per heavy atom. The van der Waals surface area contributed by atoms with E-state index in [2.05, 4.69) is 5.32 Å². The molecule has 0 bridgehead atoms.